The standard InChI is InChI=1S/C14H23N3O10.Co.3Na/c18-10(19)6-15(2-1-3-17(14(26)27)9-13(24)25)4-5-16(7-11(20)21)8-12(22)23;;;;/h1-9H2,(H,18,19)(H,20,21)(H,22,23)(H,24,25)(H,26,27);;;;/q;+2;3*+1/p-5. The molecule has 0 fully saturated rings. The monoisotopic (exact) mass is 516 g/mol. The molecule has 31 heavy (non-hydrogen) atoms. The SMILES string of the molecule is O=C([O-])CN(CCCN(CC(=O)[O-])C(=O)[O-])CCN(CC(=O)[O-])CC(=O)[O-].[Co+2].[Na+].[Na+].[Na+]. The molecule has 1 amide bonds. The van der Waals surface area contributed by atoms with Crippen LogP contribution in [0.3, 0.4) is 0 Å². The number of rotatable bonds is 15. The van der Waals surface area contributed by atoms with Crippen molar-refractivity contribution in [1.82, 2.24) is 14.7 Å². The van der Waals surface area contributed by atoms with Crippen LogP contribution in [0.2, 0.25) is 0 Å². The normalized spacial score (nSPS) is 9.35. The van der Waals surface area contributed by atoms with Gasteiger partial charge in [-0.3, -0.25) is 9.80 Å². The summed E-state index contributed by atoms with van der Waals surface area (Å²) in [6.07, 6.45) is -1.71. The molecule has 13 nitrogen and oxygen atoms in total. The number of carbonyl (C=O) groups excluding carboxylic acids is 5. The Morgan fingerprint density at radius 1 is 0.516 bits per heavy atom. The molecule has 0 heterocycles. The Hall–Kier alpha value is 0.576. The average Bonchev–Trinajstić information content (AvgIpc) is 2.48. The largest absolute Gasteiger partial charge is 2.00 e. The summed E-state index contributed by atoms with van der Waals surface area (Å²) >= 11 is 0. The van der Waals surface area contributed by atoms with Crippen molar-refractivity contribution in [2.24, 2.45) is 0 Å². The van der Waals surface area contributed by atoms with Gasteiger partial charge in [-0.25, -0.2) is 0 Å². The average molecular weight is 516 g/mol. The van der Waals surface area contributed by atoms with Gasteiger partial charge in [-0.1, -0.05) is 0 Å². The first-order chi connectivity index (χ1) is 12.5. The summed E-state index contributed by atoms with van der Waals surface area (Å²) in [5.74, 6) is -6.16. The van der Waals surface area contributed by atoms with E-state index >= 15 is 0 Å². The van der Waals surface area contributed by atoms with Crippen molar-refractivity contribution in [3.05, 3.63) is 0 Å². The molecule has 0 bridgehead atoms. The van der Waals surface area contributed by atoms with Gasteiger partial charge in [0.15, 0.2) is 0 Å². The fraction of sp³-hybridized carbons (Fsp3) is 0.643. The van der Waals surface area contributed by atoms with Crippen molar-refractivity contribution in [3.63, 3.8) is 0 Å². The maximum atomic E-state index is 10.8. The molecule has 1 radical (unpaired) electrons. The van der Waals surface area contributed by atoms with Crippen LogP contribution in [0.1, 0.15) is 6.42 Å². The van der Waals surface area contributed by atoms with Gasteiger partial charge in [0.05, 0.1) is 30.4 Å². The number of carbonyl (C=O) groups is 5. The summed E-state index contributed by atoms with van der Waals surface area (Å²) in [6.45, 7) is -3.45. The smallest absolute Gasteiger partial charge is 0.549 e. The summed E-state index contributed by atoms with van der Waals surface area (Å²) < 4.78 is 0. The van der Waals surface area contributed by atoms with E-state index in [9.17, 15) is 49.5 Å². The Morgan fingerprint density at radius 3 is 1.23 bits per heavy atom. The minimum Gasteiger partial charge on any atom is -0.549 e. The van der Waals surface area contributed by atoms with Crippen LogP contribution in [0.25, 0.3) is 0 Å². The van der Waals surface area contributed by atoms with E-state index in [0.717, 1.165) is 4.90 Å². The molecule has 0 saturated carbocycles. The zero-order chi connectivity index (χ0) is 21.0. The number of amides is 1. The van der Waals surface area contributed by atoms with Crippen LogP contribution in [0.5, 0.6) is 0 Å². The van der Waals surface area contributed by atoms with E-state index in [4.69, 9.17) is 0 Å². The molecule has 0 aromatic carbocycles. The minimum absolute atomic E-state index is 0. The first-order valence-electron chi connectivity index (χ1n) is 7.71. The first-order valence-corrected chi connectivity index (χ1v) is 7.71. The maximum absolute atomic E-state index is 10.8. The zero-order valence-electron chi connectivity index (χ0n) is 17.6. The van der Waals surface area contributed by atoms with Gasteiger partial charge in [-0.05, 0) is 6.42 Å². The van der Waals surface area contributed by atoms with Crippen molar-refractivity contribution in [2.45, 2.75) is 6.42 Å². The second kappa shape index (κ2) is 23.7. The second-order valence-corrected chi connectivity index (χ2v) is 5.52. The number of nitrogens with zero attached hydrogens (tertiary/aromatic N) is 3. The van der Waals surface area contributed by atoms with E-state index < -0.39 is 56.1 Å². The Balaban J connectivity index is -0.000000563. The molecule has 17 heteroatoms. The molecule has 0 N–H and O–H groups in total. The molecule has 0 atom stereocenters. The molecule has 0 rings (SSSR count). The van der Waals surface area contributed by atoms with Crippen LogP contribution in [0, 0.1) is 0 Å². The van der Waals surface area contributed by atoms with Gasteiger partial charge in [0.2, 0.25) is 0 Å². The van der Waals surface area contributed by atoms with Crippen molar-refractivity contribution < 1.29 is 155 Å². The predicted molar refractivity (Wildman–Crippen MR) is 74.5 cm³/mol. The summed E-state index contributed by atoms with van der Waals surface area (Å²) in [7, 11) is 0. The van der Waals surface area contributed by atoms with Crippen molar-refractivity contribution in [2.75, 3.05) is 52.4 Å². The fourth-order valence-corrected chi connectivity index (χ4v) is 2.19. The Kier molecular flexibility index (Phi) is 32.0. The Bertz CT molecular complexity index is 558. The van der Waals surface area contributed by atoms with Crippen molar-refractivity contribution in [3.8, 4) is 0 Å². The number of aliphatic carboxylic acids is 4. The van der Waals surface area contributed by atoms with E-state index in [1.165, 1.54) is 4.90 Å². The molecule has 0 aliphatic rings. The quantitative estimate of drug-likeness (QED) is 0.186. The third kappa shape index (κ3) is 25.0. The van der Waals surface area contributed by atoms with Gasteiger partial charge in [0.25, 0.3) is 0 Å². The first kappa shape index (κ1) is 41.8. The molecule has 0 aromatic rings. The minimum atomic E-state index is -1.74. The van der Waals surface area contributed by atoms with Crippen LogP contribution < -0.4 is 114 Å². The van der Waals surface area contributed by atoms with Crippen LogP contribution in [-0.2, 0) is 36.0 Å². The number of carboxylic acid groups (broad SMARTS) is 5. The number of hydrogen-bond acceptors (Lipinski definition) is 12. The van der Waals surface area contributed by atoms with Gasteiger partial charge >= 0.3 is 105 Å². The molecule has 161 valence electrons. The number of carboxylic acids is 4. The Morgan fingerprint density at radius 2 is 0.871 bits per heavy atom. The van der Waals surface area contributed by atoms with E-state index in [2.05, 4.69) is 0 Å². The summed E-state index contributed by atoms with van der Waals surface area (Å²) in [4.78, 5) is 55.9. The van der Waals surface area contributed by atoms with E-state index in [0.29, 0.717) is 4.90 Å². The molecule has 0 spiro atoms. The molecule has 0 unspecified atom stereocenters. The van der Waals surface area contributed by atoms with Crippen LogP contribution in [0.4, 0.5) is 4.79 Å². The molecule has 0 aliphatic carbocycles. The third-order valence-corrected chi connectivity index (χ3v) is 3.27. The van der Waals surface area contributed by atoms with Gasteiger partial charge in [-0.15, -0.1) is 0 Å². The van der Waals surface area contributed by atoms with Gasteiger partial charge in [0.1, 0.15) is 6.09 Å². The van der Waals surface area contributed by atoms with Crippen LogP contribution >= 0.6 is 0 Å². The summed E-state index contributed by atoms with van der Waals surface area (Å²) in [5, 5.41) is 53.2. The summed E-state index contributed by atoms with van der Waals surface area (Å²) in [6, 6.07) is 0. The molecular formula is C14H18CoN3Na3O10. The van der Waals surface area contributed by atoms with Crippen molar-refractivity contribution >= 4 is 30.0 Å². The Labute approximate surface area is 255 Å². The van der Waals surface area contributed by atoms with E-state index in [1.807, 2.05) is 0 Å². The number of hydrogen-bond donors (Lipinski definition) is 0. The van der Waals surface area contributed by atoms with Crippen molar-refractivity contribution in [1.29, 1.82) is 0 Å². The molecule has 0 aromatic heterocycles. The predicted octanol–water partition coefficient (Wildman–Crippen LogP) is -17.4. The third-order valence-electron chi connectivity index (χ3n) is 3.27. The topological polar surface area (TPSA) is 210 Å². The van der Waals surface area contributed by atoms with Gasteiger partial charge < -0.3 is 54.4 Å². The van der Waals surface area contributed by atoms with Crippen LogP contribution in [0.15, 0.2) is 0 Å². The van der Waals surface area contributed by atoms with E-state index in [1.54, 1.807) is 0 Å². The summed E-state index contributed by atoms with van der Waals surface area (Å²) in [5.41, 5.74) is 0. The molecule has 0 aliphatic heterocycles. The zero-order valence-corrected chi connectivity index (χ0v) is 24.7. The van der Waals surface area contributed by atoms with Gasteiger partial charge in [0, 0.05) is 45.8 Å². The molecule has 0 saturated heterocycles. The second-order valence-electron chi connectivity index (χ2n) is 5.52. The van der Waals surface area contributed by atoms with Gasteiger partial charge in [-0.2, -0.15) is 0 Å². The van der Waals surface area contributed by atoms with E-state index in [-0.39, 0.29) is 138 Å². The molecular weight excluding hydrogens is 498 g/mol. The van der Waals surface area contributed by atoms with Crippen LogP contribution in [-0.4, -0.2) is 97.0 Å². The maximum Gasteiger partial charge on any atom is 2.00 e. The fourth-order valence-electron chi connectivity index (χ4n) is 2.19.